The number of nitrogen functional groups attached to an aromatic ring is 1. The summed E-state index contributed by atoms with van der Waals surface area (Å²) in [6.07, 6.45) is 0. The molecule has 1 aromatic rings. The number of carbonyl (C=O) groups excluding carboxylic acids is 1. The Labute approximate surface area is 111 Å². The first-order chi connectivity index (χ1) is 9.04. The lowest BCUT2D eigenvalue weighted by Crippen LogP contribution is -2.48. The third-order valence-electron chi connectivity index (χ3n) is 3.38. The van der Waals surface area contributed by atoms with Crippen LogP contribution in [0.2, 0.25) is 0 Å². The van der Waals surface area contributed by atoms with Gasteiger partial charge in [0.05, 0.1) is 18.5 Å². The van der Waals surface area contributed by atoms with Crippen LogP contribution in [0.25, 0.3) is 0 Å². The van der Waals surface area contributed by atoms with Crippen LogP contribution in [0.5, 0.6) is 5.75 Å². The van der Waals surface area contributed by atoms with Crippen LogP contribution >= 0.6 is 0 Å². The highest BCUT2D eigenvalue weighted by atomic mass is 19.1. The Bertz CT molecular complexity index is 485. The standard InChI is InChI=1S/C13H18FN3O2/c1-9(18)16-5-7-17(8-6-16)11-4-3-10(15)13(19-2)12(11)14/h3-4H,5-8,15H2,1-2H3. The second-order valence-electron chi connectivity index (χ2n) is 4.51. The van der Waals surface area contributed by atoms with E-state index in [9.17, 15) is 9.18 Å². The van der Waals surface area contributed by atoms with Crippen molar-refractivity contribution in [3.05, 3.63) is 17.9 Å². The van der Waals surface area contributed by atoms with Crippen LogP contribution in [-0.2, 0) is 4.79 Å². The van der Waals surface area contributed by atoms with Gasteiger partial charge >= 0.3 is 0 Å². The number of hydrogen-bond acceptors (Lipinski definition) is 4. The normalized spacial score (nSPS) is 15.5. The second kappa shape index (κ2) is 5.34. The fourth-order valence-corrected chi connectivity index (χ4v) is 2.27. The first-order valence-corrected chi connectivity index (χ1v) is 6.17. The molecule has 1 amide bonds. The van der Waals surface area contributed by atoms with E-state index >= 15 is 0 Å². The quantitative estimate of drug-likeness (QED) is 0.815. The molecule has 0 aliphatic carbocycles. The molecule has 6 heteroatoms. The maximum atomic E-state index is 14.2. The Morgan fingerprint density at radius 1 is 1.32 bits per heavy atom. The van der Waals surface area contributed by atoms with Crippen molar-refractivity contribution in [3.63, 3.8) is 0 Å². The lowest BCUT2D eigenvalue weighted by Gasteiger charge is -2.36. The number of carbonyl (C=O) groups is 1. The van der Waals surface area contributed by atoms with E-state index < -0.39 is 5.82 Å². The lowest BCUT2D eigenvalue weighted by molar-refractivity contribution is -0.129. The SMILES string of the molecule is COc1c(N)ccc(N2CCN(C(C)=O)CC2)c1F. The number of amides is 1. The molecular formula is C13H18FN3O2. The van der Waals surface area contributed by atoms with E-state index in [0.717, 1.165) is 0 Å². The molecule has 1 heterocycles. The number of nitrogens with zero attached hydrogens (tertiary/aromatic N) is 2. The van der Waals surface area contributed by atoms with Gasteiger partial charge in [0.25, 0.3) is 0 Å². The van der Waals surface area contributed by atoms with Crippen molar-refractivity contribution in [1.29, 1.82) is 0 Å². The van der Waals surface area contributed by atoms with Crippen molar-refractivity contribution in [2.24, 2.45) is 0 Å². The van der Waals surface area contributed by atoms with Crippen molar-refractivity contribution in [2.75, 3.05) is 43.9 Å². The Hall–Kier alpha value is -1.98. The lowest BCUT2D eigenvalue weighted by atomic mass is 10.2. The minimum absolute atomic E-state index is 0.0509. The van der Waals surface area contributed by atoms with E-state index in [1.54, 1.807) is 24.0 Å². The van der Waals surface area contributed by atoms with Crippen LogP contribution in [0.1, 0.15) is 6.92 Å². The zero-order valence-electron chi connectivity index (χ0n) is 11.1. The number of rotatable bonds is 2. The molecule has 2 N–H and O–H groups in total. The minimum atomic E-state index is -0.446. The second-order valence-corrected chi connectivity index (χ2v) is 4.51. The summed E-state index contributed by atoms with van der Waals surface area (Å²) in [5.41, 5.74) is 6.41. The summed E-state index contributed by atoms with van der Waals surface area (Å²) in [5.74, 6) is -0.319. The van der Waals surface area contributed by atoms with Gasteiger partial charge in [0, 0.05) is 33.1 Å². The number of ether oxygens (including phenoxy) is 1. The Balaban J connectivity index is 2.18. The van der Waals surface area contributed by atoms with Crippen LogP contribution in [0, 0.1) is 5.82 Å². The van der Waals surface area contributed by atoms with Crippen LogP contribution in [-0.4, -0.2) is 44.1 Å². The monoisotopic (exact) mass is 267 g/mol. The summed E-state index contributed by atoms with van der Waals surface area (Å²) in [6.45, 7) is 3.94. The maximum absolute atomic E-state index is 14.2. The van der Waals surface area contributed by atoms with Crippen LogP contribution in [0.15, 0.2) is 12.1 Å². The number of anilines is 2. The van der Waals surface area contributed by atoms with E-state index in [0.29, 0.717) is 31.9 Å². The van der Waals surface area contributed by atoms with E-state index in [4.69, 9.17) is 10.5 Å². The molecule has 19 heavy (non-hydrogen) atoms. The molecule has 0 atom stereocenters. The van der Waals surface area contributed by atoms with Crippen molar-refractivity contribution in [3.8, 4) is 5.75 Å². The number of halogens is 1. The molecule has 0 bridgehead atoms. The van der Waals surface area contributed by atoms with Gasteiger partial charge in [-0.3, -0.25) is 4.79 Å². The average molecular weight is 267 g/mol. The van der Waals surface area contributed by atoms with E-state index in [1.165, 1.54) is 7.11 Å². The molecule has 0 saturated carbocycles. The zero-order chi connectivity index (χ0) is 14.0. The first kappa shape index (κ1) is 13.5. The Kier molecular flexibility index (Phi) is 3.78. The summed E-state index contributed by atoms with van der Waals surface area (Å²) < 4.78 is 19.2. The molecule has 0 unspecified atom stereocenters. The highest BCUT2D eigenvalue weighted by molar-refractivity contribution is 5.73. The molecular weight excluding hydrogens is 249 g/mol. The summed E-state index contributed by atoms with van der Waals surface area (Å²) >= 11 is 0. The molecule has 2 rings (SSSR count). The zero-order valence-corrected chi connectivity index (χ0v) is 11.1. The minimum Gasteiger partial charge on any atom is -0.492 e. The molecule has 1 saturated heterocycles. The highest BCUT2D eigenvalue weighted by Gasteiger charge is 2.23. The summed E-state index contributed by atoms with van der Waals surface area (Å²) in [5, 5.41) is 0. The molecule has 1 aliphatic heterocycles. The fourth-order valence-electron chi connectivity index (χ4n) is 2.27. The third-order valence-corrected chi connectivity index (χ3v) is 3.38. The predicted molar refractivity (Wildman–Crippen MR) is 71.8 cm³/mol. The van der Waals surface area contributed by atoms with Gasteiger partial charge in [-0.2, -0.15) is 0 Å². The topological polar surface area (TPSA) is 58.8 Å². The molecule has 0 radical (unpaired) electrons. The van der Waals surface area contributed by atoms with Crippen LogP contribution in [0.4, 0.5) is 15.8 Å². The molecule has 5 nitrogen and oxygen atoms in total. The van der Waals surface area contributed by atoms with Gasteiger partial charge in [0.15, 0.2) is 11.6 Å². The molecule has 104 valence electrons. The number of piperazine rings is 1. The highest BCUT2D eigenvalue weighted by Crippen LogP contribution is 2.33. The van der Waals surface area contributed by atoms with Gasteiger partial charge in [-0.15, -0.1) is 0 Å². The number of methoxy groups -OCH3 is 1. The largest absolute Gasteiger partial charge is 0.492 e. The summed E-state index contributed by atoms with van der Waals surface area (Å²) in [4.78, 5) is 14.9. The molecule has 1 aliphatic rings. The maximum Gasteiger partial charge on any atom is 0.219 e. The molecule has 0 spiro atoms. The number of benzene rings is 1. The van der Waals surface area contributed by atoms with Gasteiger partial charge in [0.1, 0.15) is 0 Å². The van der Waals surface area contributed by atoms with E-state index in [2.05, 4.69) is 0 Å². The van der Waals surface area contributed by atoms with Crippen molar-refractivity contribution < 1.29 is 13.9 Å². The average Bonchev–Trinajstić information content (AvgIpc) is 2.39. The van der Waals surface area contributed by atoms with Gasteiger partial charge in [-0.25, -0.2) is 4.39 Å². The van der Waals surface area contributed by atoms with Crippen molar-refractivity contribution >= 4 is 17.3 Å². The van der Waals surface area contributed by atoms with Gasteiger partial charge in [0.2, 0.25) is 5.91 Å². The van der Waals surface area contributed by atoms with Crippen molar-refractivity contribution in [1.82, 2.24) is 4.90 Å². The van der Waals surface area contributed by atoms with Crippen LogP contribution < -0.4 is 15.4 Å². The fraction of sp³-hybridized carbons (Fsp3) is 0.462. The van der Waals surface area contributed by atoms with E-state index in [1.807, 2.05) is 4.90 Å². The third kappa shape index (κ3) is 2.57. The van der Waals surface area contributed by atoms with Gasteiger partial charge in [-0.05, 0) is 12.1 Å². The van der Waals surface area contributed by atoms with E-state index in [-0.39, 0.29) is 17.3 Å². The van der Waals surface area contributed by atoms with Gasteiger partial charge < -0.3 is 20.3 Å². The van der Waals surface area contributed by atoms with Crippen molar-refractivity contribution in [2.45, 2.75) is 6.92 Å². The first-order valence-electron chi connectivity index (χ1n) is 6.17. The van der Waals surface area contributed by atoms with Gasteiger partial charge in [-0.1, -0.05) is 0 Å². The number of hydrogen-bond donors (Lipinski definition) is 1. The molecule has 0 aromatic heterocycles. The Morgan fingerprint density at radius 2 is 1.95 bits per heavy atom. The molecule has 1 aromatic carbocycles. The molecule has 1 fully saturated rings. The number of nitrogens with two attached hydrogens (primary N) is 1. The smallest absolute Gasteiger partial charge is 0.219 e. The Morgan fingerprint density at radius 3 is 2.47 bits per heavy atom. The summed E-state index contributed by atoms with van der Waals surface area (Å²) in [6, 6.07) is 3.28. The predicted octanol–water partition coefficient (Wildman–Crippen LogP) is 1.08. The van der Waals surface area contributed by atoms with Crippen LogP contribution in [0.3, 0.4) is 0 Å². The summed E-state index contributed by atoms with van der Waals surface area (Å²) in [7, 11) is 1.40.